The average molecular weight is 773 g/mol. The van der Waals surface area contributed by atoms with Crippen LogP contribution in [0.3, 0.4) is 0 Å². The molecule has 3 aliphatic rings. The number of rotatable bonds is 13. The molecule has 3 fully saturated rings. The molecular formula is C33H38N6O12P2. The van der Waals surface area contributed by atoms with Gasteiger partial charge in [0.1, 0.15) is 60.9 Å². The summed E-state index contributed by atoms with van der Waals surface area (Å²) in [6.45, 7) is 0.0609. The number of fused-ring (bicyclic) bond motifs is 2. The molecule has 20 heteroatoms. The Morgan fingerprint density at radius 3 is 2.57 bits per heavy atom. The Labute approximate surface area is 302 Å². The molecule has 2 saturated carbocycles. The number of carbonyl (C=O) groups is 1. The third kappa shape index (κ3) is 7.18. The second-order valence-electron chi connectivity index (χ2n) is 13.7. The normalized spacial score (nSPS) is 25.7. The van der Waals surface area contributed by atoms with Crippen LogP contribution in [0.25, 0.3) is 16.3 Å². The summed E-state index contributed by atoms with van der Waals surface area (Å²) in [5, 5.41) is 49.4. The molecule has 0 bridgehead atoms. The monoisotopic (exact) mass is 772 g/mol. The van der Waals surface area contributed by atoms with Crippen LogP contribution in [0.4, 0.5) is 0 Å². The molecule has 282 valence electrons. The summed E-state index contributed by atoms with van der Waals surface area (Å²) in [7, 11) is -9.37. The van der Waals surface area contributed by atoms with Crippen LogP contribution in [0.2, 0.25) is 0 Å². The summed E-state index contributed by atoms with van der Waals surface area (Å²) in [5.41, 5.74) is -2.38. The molecule has 6 N–H and O–H groups in total. The zero-order valence-electron chi connectivity index (χ0n) is 28.3. The first-order valence-corrected chi connectivity index (χ1v) is 19.9. The zero-order valence-corrected chi connectivity index (χ0v) is 30.1. The Balaban J connectivity index is 1.12. The highest BCUT2D eigenvalue weighted by Crippen LogP contribution is 2.57. The van der Waals surface area contributed by atoms with Crippen LogP contribution >= 0.6 is 15.6 Å². The maximum atomic E-state index is 14.5. The number of hydrogen-bond acceptors (Lipinski definition) is 13. The van der Waals surface area contributed by atoms with Gasteiger partial charge in [0.25, 0.3) is 0 Å². The molecule has 2 aromatic heterocycles. The number of carbonyl (C=O) groups excluding carboxylic acids is 1. The average Bonchev–Trinajstić information content (AvgIpc) is 3.63. The second-order valence-corrected chi connectivity index (χ2v) is 16.6. The smallest absolute Gasteiger partial charge is 0.461 e. The van der Waals surface area contributed by atoms with Gasteiger partial charge >= 0.3 is 21.5 Å². The van der Waals surface area contributed by atoms with Gasteiger partial charge in [0.15, 0.2) is 5.49 Å². The van der Waals surface area contributed by atoms with Gasteiger partial charge in [-0.05, 0) is 61.6 Å². The number of phosphoric acid groups is 1. The molecule has 53 heavy (non-hydrogen) atoms. The maximum Gasteiger partial charge on any atom is 0.471 e. The van der Waals surface area contributed by atoms with E-state index in [1.807, 2.05) is 24.3 Å². The van der Waals surface area contributed by atoms with Gasteiger partial charge in [0.2, 0.25) is 5.60 Å². The van der Waals surface area contributed by atoms with Crippen molar-refractivity contribution in [2.24, 2.45) is 5.41 Å². The van der Waals surface area contributed by atoms with Gasteiger partial charge in [0.05, 0.1) is 12.3 Å². The van der Waals surface area contributed by atoms with Gasteiger partial charge in [-0.1, -0.05) is 42.8 Å². The molecule has 6 atom stereocenters. The van der Waals surface area contributed by atoms with Crippen molar-refractivity contribution in [2.45, 2.75) is 81.8 Å². The number of benzene rings is 2. The molecule has 0 amide bonds. The van der Waals surface area contributed by atoms with Gasteiger partial charge in [-0.15, -0.1) is 0 Å². The van der Waals surface area contributed by atoms with Crippen molar-refractivity contribution in [3.05, 3.63) is 72.1 Å². The third-order valence-electron chi connectivity index (χ3n) is 10.2. The van der Waals surface area contributed by atoms with Crippen LogP contribution in [0.1, 0.15) is 44.7 Å². The van der Waals surface area contributed by atoms with E-state index in [2.05, 4.69) is 14.7 Å². The second kappa shape index (κ2) is 14.0. The molecule has 2 aliphatic carbocycles. The molecule has 3 heterocycles. The Bertz CT molecular complexity index is 2240. The molecule has 1 spiro atoms. The Morgan fingerprint density at radius 1 is 1.13 bits per heavy atom. The predicted molar refractivity (Wildman–Crippen MR) is 182 cm³/mol. The number of aliphatic hydroxyl groups excluding tert-OH is 2. The molecule has 0 radical (unpaired) electrons. The van der Waals surface area contributed by atoms with Crippen molar-refractivity contribution in [1.29, 1.82) is 10.7 Å². The number of nitrogens with one attached hydrogen (secondary N) is 2. The van der Waals surface area contributed by atoms with Gasteiger partial charge in [-0.25, -0.2) is 13.6 Å². The highest BCUT2D eigenvalue weighted by atomic mass is 31.2. The van der Waals surface area contributed by atoms with Gasteiger partial charge < -0.3 is 34.0 Å². The first kappa shape index (κ1) is 37.3. The van der Waals surface area contributed by atoms with Crippen molar-refractivity contribution in [3.8, 4) is 11.8 Å². The fraction of sp³-hybridized carbons (Fsp3) is 0.455. The predicted octanol–water partition coefficient (Wildman–Crippen LogP) is 2.73. The Hall–Kier alpha value is -3.98. The fourth-order valence-electron chi connectivity index (χ4n) is 7.18. The van der Waals surface area contributed by atoms with Gasteiger partial charge in [-0.2, -0.15) is 15.4 Å². The number of aliphatic hydroxyl groups is 2. The molecular weight excluding hydrogens is 734 g/mol. The number of aromatic nitrogens is 3. The molecule has 1 unspecified atom stereocenters. The molecule has 7 rings (SSSR count). The van der Waals surface area contributed by atoms with E-state index in [1.165, 1.54) is 25.5 Å². The van der Waals surface area contributed by atoms with Crippen molar-refractivity contribution in [3.63, 3.8) is 0 Å². The summed E-state index contributed by atoms with van der Waals surface area (Å²) in [5.74, 6) is -0.480. The minimum atomic E-state index is -4.86. The SMILES string of the molecule is C[C@H](NP(=O)(OC[C@H]1O[C@@](C#N)(c2ccc3c(=N)n(COP(=O)(O)O)cnn23)[C@H](O)[C@@H]1O)Oc1cccc2ccccc12)C(=O)OC1CC2(CCC2)C1. The summed E-state index contributed by atoms with van der Waals surface area (Å²) in [6.07, 6.45) is 0.610. The van der Waals surface area contributed by atoms with Crippen LogP contribution in [-0.4, -0.2) is 77.2 Å². The van der Waals surface area contributed by atoms with Crippen molar-refractivity contribution < 1.29 is 57.0 Å². The van der Waals surface area contributed by atoms with E-state index in [4.69, 9.17) is 33.7 Å². The lowest BCUT2D eigenvalue weighted by Crippen LogP contribution is -2.49. The van der Waals surface area contributed by atoms with Crippen molar-refractivity contribution in [1.82, 2.24) is 19.3 Å². The van der Waals surface area contributed by atoms with Crippen LogP contribution in [0, 0.1) is 22.2 Å². The Kier molecular flexibility index (Phi) is 9.88. The fourth-order valence-corrected chi connectivity index (χ4v) is 8.98. The number of nitriles is 1. The number of esters is 1. The summed E-state index contributed by atoms with van der Waals surface area (Å²) < 4.78 is 55.7. The number of phosphoric ester groups is 1. The van der Waals surface area contributed by atoms with E-state index in [-0.39, 0.29) is 34.0 Å². The highest BCUT2D eigenvalue weighted by Gasteiger charge is 2.58. The molecule has 1 saturated heterocycles. The standard InChI is InChI=1S/C33H38N6O12P2/c1-20(31(42)49-22-14-32(15-22)12-5-13-32)37-52(43,51-25-9-4-7-21-6-2-3-8-23(21)25)47-16-26-28(40)29(41)33(17-34,50-26)27-11-10-24-30(35)38(18-36-39(24)27)19-48-53(44,45)46/h2-4,6-11,18,20,22,26,28-29,35,40-41H,5,12-16,19H2,1H3,(H,37,43)(H2,44,45,46)/t20-,26+,28+,29+,33-,52?/m0/s1. The van der Waals surface area contributed by atoms with E-state index >= 15 is 0 Å². The lowest BCUT2D eigenvalue weighted by molar-refractivity contribution is -0.169. The molecule has 18 nitrogen and oxygen atoms in total. The third-order valence-corrected chi connectivity index (χ3v) is 12.2. The first-order valence-electron chi connectivity index (χ1n) is 16.8. The van der Waals surface area contributed by atoms with Crippen LogP contribution in [-0.2, 0) is 44.8 Å². The number of nitrogens with zero attached hydrogens (tertiary/aromatic N) is 4. The minimum absolute atomic E-state index is 0.0410. The molecule has 2 aromatic carbocycles. The van der Waals surface area contributed by atoms with Gasteiger partial charge in [-0.3, -0.25) is 23.8 Å². The van der Waals surface area contributed by atoms with Crippen molar-refractivity contribution in [2.75, 3.05) is 6.61 Å². The zero-order chi connectivity index (χ0) is 37.8. The van der Waals surface area contributed by atoms with Crippen LogP contribution in [0.5, 0.6) is 5.75 Å². The maximum absolute atomic E-state index is 14.5. The van der Waals surface area contributed by atoms with Crippen LogP contribution < -0.4 is 15.1 Å². The largest absolute Gasteiger partial charge is 0.471 e. The quantitative estimate of drug-likeness (QED) is 0.0843. The lowest BCUT2D eigenvalue weighted by Gasteiger charge is -2.53. The summed E-state index contributed by atoms with van der Waals surface area (Å²) >= 11 is 0. The van der Waals surface area contributed by atoms with E-state index in [0.717, 1.165) is 46.5 Å². The number of hydrogen-bond donors (Lipinski definition) is 6. The lowest BCUT2D eigenvalue weighted by atomic mass is 9.55. The molecule has 4 aromatic rings. The Morgan fingerprint density at radius 2 is 1.87 bits per heavy atom. The minimum Gasteiger partial charge on any atom is -0.461 e. The van der Waals surface area contributed by atoms with Crippen molar-refractivity contribution >= 4 is 37.8 Å². The summed E-state index contributed by atoms with van der Waals surface area (Å²) in [6, 6.07) is 15.7. The van der Waals surface area contributed by atoms with E-state index in [9.17, 15) is 29.4 Å². The van der Waals surface area contributed by atoms with Crippen LogP contribution in [0.15, 0.2) is 60.9 Å². The highest BCUT2D eigenvalue weighted by molar-refractivity contribution is 7.52. The summed E-state index contributed by atoms with van der Waals surface area (Å²) in [4.78, 5) is 31.2. The van der Waals surface area contributed by atoms with Gasteiger partial charge in [0, 0.05) is 5.39 Å². The first-order chi connectivity index (χ1) is 25.1. The van der Waals surface area contributed by atoms with E-state index in [1.54, 1.807) is 24.3 Å². The number of ether oxygens (including phenoxy) is 2. The topological polar surface area (TPSA) is 260 Å². The van der Waals surface area contributed by atoms with E-state index < -0.39 is 64.8 Å². The van der Waals surface area contributed by atoms with E-state index in [0.29, 0.717) is 5.39 Å². The molecule has 1 aliphatic heterocycles.